The maximum Gasteiger partial charge on any atom is 0.264 e. The van der Waals surface area contributed by atoms with Crippen LogP contribution in [-0.2, 0) is 48.7 Å². The topological polar surface area (TPSA) is 9.72 Å². The van der Waals surface area contributed by atoms with Gasteiger partial charge >= 0.3 is 0 Å². The molecule has 5 heteroatoms. The first-order valence-electron chi connectivity index (χ1n) is 32.6. The molecule has 4 heterocycles. The summed E-state index contributed by atoms with van der Waals surface area (Å²) in [6.45, 7) is 45.6. The number of thiophene rings is 1. The highest BCUT2D eigenvalue weighted by atomic mass is 32.1. The van der Waals surface area contributed by atoms with Gasteiger partial charge in [-0.15, -0.1) is 11.3 Å². The third-order valence-corrected chi connectivity index (χ3v) is 26.3. The summed E-state index contributed by atoms with van der Waals surface area (Å²) in [5.74, 6) is 0. The van der Waals surface area contributed by atoms with E-state index >= 15 is 0 Å². The summed E-state index contributed by atoms with van der Waals surface area (Å²) < 4.78 is 2.93. The van der Waals surface area contributed by atoms with Gasteiger partial charge in [0.2, 0.25) is 0 Å². The molecule has 8 aliphatic rings. The van der Waals surface area contributed by atoms with Crippen LogP contribution in [0.15, 0.2) is 97.1 Å². The molecule has 1 fully saturated rings. The van der Waals surface area contributed by atoms with E-state index in [0.717, 1.165) is 6.42 Å². The van der Waals surface area contributed by atoms with Gasteiger partial charge in [-0.3, -0.25) is 0 Å². The molecule has 83 heavy (non-hydrogen) atoms. The first-order chi connectivity index (χ1) is 38.8. The second-order valence-corrected chi connectivity index (χ2v) is 34.9. The fourth-order valence-electron chi connectivity index (χ4n) is 18.8. The van der Waals surface area contributed by atoms with Gasteiger partial charge in [0.15, 0.2) is 0 Å². The lowest BCUT2D eigenvalue weighted by Gasteiger charge is -2.51. The van der Waals surface area contributed by atoms with Crippen molar-refractivity contribution >= 4 is 89.3 Å². The Morgan fingerprint density at radius 3 is 1.36 bits per heavy atom. The number of fused-ring (bicyclic) bond motifs is 13. The zero-order valence-electron chi connectivity index (χ0n) is 54.1. The van der Waals surface area contributed by atoms with Crippen molar-refractivity contribution in [2.75, 3.05) is 14.7 Å². The zero-order valence-corrected chi connectivity index (χ0v) is 54.9. The predicted molar refractivity (Wildman–Crippen MR) is 360 cm³/mol. The quantitative estimate of drug-likeness (QED) is 0.163. The minimum atomic E-state index is -0.124. The van der Waals surface area contributed by atoms with Gasteiger partial charge in [0.1, 0.15) is 0 Å². The van der Waals surface area contributed by atoms with Crippen LogP contribution in [0.2, 0.25) is 0 Å². The molecule has 0 N–H and O–H groups in total. The average molecular weight is 1120 g/mol. The van der Waals surface area contributed by atoms with E-state index in [-0.39, 0.29) is 61.0 Å². The van der Waals surface area contributed by atoms with Crippen molar-refractivity contribution in [3.05, 3.63) is 147 Å². The Balaban J connectivity index is 1.12. The first kappa shape index (κ1) is 54.4. The normalized spacial score (nSPS) is 26.1. The van der Waals surface area contributed by atoms with Crippen molar-refractivity contribution in [2.45, 2.75) is 256 Å². The highest BCUT2D eigenvalue weighted by molar-refractivity contribution is 7.33. The molecule has 430 valence electrons. The molecule has 3 nitrogen and oxygen atoms in total. The largest absolute Gasteiger partial charge is 0.334 e. The average Bonchev–Trinajstić information content (AvgIpc) is 2.16. The lowest BCUT2D eigenvalue weighted by atomic mass is 9.35. The molecular weight excluding hydrogens is 1020 g/mol. The molecule has 15 rings (SSSR count). The molecule has 7 aromatic rings. The van der Waals surface area contributed by atoms with Gasteiger partial charge in [-0.25, -0.2) is 0 Å². The van der Waals surface area contributed by atoms with Crippen molar-refractivity contribution in [3.8, 4) is 0 Å². The van der Waals surface area contributed by atoms with Crippen LogP contribution in [0, 0.1) is 0 Å². The number of para-hydroxylation sites is 1. The molecule has 0 spiro atoms. The fourth-order valence-corrected chi connectivity index (χ4v) is 20.1. The van der Waals surface area contributed by atoms with Gasteiger partial charge in [0.05, 0.1) is 11.2 Å². The smallest absolute Gasteiger partial charge is 0.264 e. The van der Waals surface area contributed by atoms with Crippen molar-refractivity contribution < 1.29 is 0 Å². The molecule has 0 saturated heterocycles. The van der Waals surface area contributed by atoms with Crippen molar-refractivity contribution in [1.29, 1.82) is 0 Å². The molecule has 0 radical (unpaired) electrons. The van der Waals surface area contributed by atoms with Crippen LogP contribution in [0.4, 0.5) is 45.5 Å². The highest BCUT2D eigenvalue weighted by Gasteiger charge is 2.59. The Morgan fingerprint density at radius 2 is 0.807 bits per heavy atom. The Kier molecular flexibility index (Phi) is 11.0. The monoisotopic (exact) mass is 1120 g/mol. The zero-order chi connectivity index (χ0) is 58.5. The van der Waals surface area contributed by atoms with Crippen LogP contribution < -0.4 is 30.4 Å². The first-order valence-corrected chi connectivity index (χ1v) is 33.4. The van der Waals surface area contributed by atoms with Crippen molar-refractivity contribution in [1.82, 2.24) is 0 Å². The summed E-state index contributed by atoms with van der Waals surface area (Å²) in [6, 6.07) is 41.5. The van der Waals surface area contributed by atoms with Gasteiger partial charge in [-0.2, -0.15) is 0 Å². The van der Waals surface area contributed by atoms with E-state index in [0.29, 0.717) is 0 Å². The lowest BCUT2D eigenvalue weighted by Crippen LogP contribution is -2.61. The van der Waals surface area contributed by atoms with Crippen LogP contribution in [0.3, 0.4) is 0 Å². The van der Waals surface area contributed by atoms with Crippen LogP contribution >= 0.6 is 11.3 Å². The molecular formula is C78H94BN3S. The van der Waals surface area contributed by atoms with Crippen molar-refractivity contribution in [2.24, 2.45) is 0 Å². The van der Waals surface area contributed by atoms with Crippen LogP contribution in [-0.4, -0.2) is 12.3 Å². The summed E-state index contributed by atoms with van der Waals surface area (Å²) in [5.41, 5.74) is 27.8. The van der Waals surface area contributed by atoms with E-state index < -0.39 is 0 Å². The van der Waals surface area contributed by atoms with Gasteiger partial charge in [0.25, 0.3) is 6.71 Å². The summed E-state index contributed by atoms with van der Waals surface area (Å²) >= 11 is 2.12. The summed E-state index contributed by atoms with van der Waals surface area (Å²) in [7, 11) is 0. The van der Waals surface area contributed by atoms with Crippen molar-refractivity contribution in [3.63, 3.8) is 0 Å². The van der Waals surface area contributed by atoms with Crippen LogP contribution in [0.25, 0.3) is 10.1 Å². The minimum absolute atomic E-state index is 0.00506. The lowest BCUT2D eigenvalue weighted by molar-refractivity contribution is 0.195. The summed E-state index contributed by atoms with van der Waals surface area (Å²) in [4.78, 5) is 8.57. The molecule has 1 aromatic heterocycles. The second kappa shape index (κ2) is 16.8. The van der Waals surface area contributed by atoms with E-state index in [4.69, 9.17) is 0 Å². The number of anilines is 8. The molecule has 3 aliphatic heterocycles. The maximum absolute atomic E-state index is 2.89. The Labute approximate surface area is 504 Å². The van der Waals surface area contributed by atoms with E-state index in [1.54, 1.807) is 16.7 Å². The van der Waals surface area contributed by atoms with Gasteiger partial charge in [-0.1, -0.05) is 167 Å². The fraction of sp³-hybridized carbons (Fsp3) is 0.513. The SMILES string of the molecule is CC1(C)CCC(C)(C)c2cc(N3c4cc5c(cc4B4c6sc7cc8c(cc7c6N(c6ccc7c(c6)C(C)(C)CCC7(C)C)c6cc(N7c9ccccc9C9(C)CCCCC79C)cc3c64)C(C)(C)CCC8(C)C)C(C)(C)CCC5(C)C)ccc21. The number of hydrogen-bond acceptors (Lipinski definition) is 4. The number of rotatable bonds is 3. The second-order valence-electron chi connectivity index (χ2n) is 33.9. The van der Waals surface area contributed by atoms with E-state index in [1.165, 1.54) is 175 Å². The molecule has 2 atom stereocenters. The van der Waals surface area contributed by atoms with E-state index in [9.17, 15) is 0 Å². The Morgan fingerprint density at radius 1 is 0.361 bits per heavy atom. The van der Waals surface area contributed by atoms with Gasteiger partial charge in [0, 0.05) is 60.1 Å². The van der Waals surface area contributed by atoms with Crippen LogP contribution in [0.1, 0.15) is 252 Å². The Hall–Kier alpha value is -5.26. The number of hydrogen-bond donors (Lipinski definition) is 0. The predicted octanol–water partition coefficient (Wildman–Crippen LogP) is 20.1. The van der Waals surface area contributed by atoms with E-state index in [2.05, 4.69) is 248 Å². The van der Waals surface area contributed by atoms with Gasteiger partial charge < -0.3 is 14.7 Å². The third-order valence-electron chi connectivity index (χ3n) is 25.1. The van der Waals surface area contributed by atoms with E-state index in [1.807, 2.05) is 0 Å². The summed E-state index contributed by atoms with van der Waals surface area (Å²) in [5, 5.41) is 1.42. The molecule has 2 unspecified atom stereocenters. The molecule has 6 aromatic carbocycles. The number of nitrogens with zero attached hydrogens (tertiary/aromatic N) is 3. The molecule has 0 bridgehead atoms. The standard InChI is InChI=1S/C78H94BN3S/c1-69(2)31-33-71(5,6)54-39-47(25-27-51(54)69)80-62-45-58-57(74(11,12)36-37-75(58,13)14)44-60(62)79-66-63(80)41-49(82-61-24-20-19-23-53(61)77(17)29-21-22-30-78(77,82)18)42-64(66)81(48-26-28-52-55(40-48)72(7,8)34-32-70(52,3)4)67-50-43-56-59(46-65(50)83-68(67)79)76(15,16)38-35-73(56,9)10/h19-20,23-28,39-46H,21-22,29-38H2,1-18H3. The Bertz CT molecular complexity index is 3970. The summed E-state index contributed by atoms with van der Waals surface area (Å²) in [6.07, 6.45) is 14.4. The third kappa shape index (κ3) is 7.34. The van der Waals surface area contributed by atoms with Crippen LogP contribution in [0.5, 0.6) is 0 Å². The number of benzene rings is 6. The molecule has 0 amide bonds. The van der Waals surface area contributed by atoms with Gasteiger partial charge in [-0.05, 0) is 236 Å². The highest BCUT2D eigenvalue weighted by Crippen LogP contribution is 2.63. The minimum Gasteiger partial charge on any atom is -0.334 e. The molecule has 5 aliphatic carbocycles. The molecule has 1 saturated carbocycles. The maximum atomic E-state index is 2.89.